The smallest absolute Gasteiger partial charge is 0.137 e. The van der Waals surface area contributed by atoms with E-state index in [0.29, 0.717) is 12.5 Å². The Balaban J connectivity index is 1.49. The molecule has 4 heterocycles. The second kappa shape index (κ2) is 8.97. The van der Waals surface area contributed by atoms with Gasteiger partial charge in [-0.25, -0.2) is 4.98 Å². The van der Waals surface area contributed by atoms with Gasteiger partial charge in [-0.2, -0.15) is 10.4 Å². The van der Waals surface area contributed by atoms with Crippen LogP contribution in [0.25, 0.3) is 33.3 Å². The van der Waals surface area contributed by atoms with Gasteiger partial charge < -0.3 is 10.3 Å². The van der Waals surface area contributed by atoms with Crippen molar-refractivity contribution in [3.63, 3.8) is 0 Å². The van der Waals surface area contributed by atoms with Gasteiger partial charge in [-0.1, -0.05) is 31.2 Å². The SMILES string of the molecule is CCC(CC#N)c1cccc(-c2c[nH]c3ncc(-c4cnn(C5CCNCC5)c4)cc23)c1. The molecule has 1 aliphatic heterocycles. The molecule has 6 nitrogen and oxygen atoms in total. The average molecular weight is 425 g/mol. The molecule has 6 heteroatoms. The average Bonchev–Trinajstić information content (AvgIpc) is 3.50. The first-order chi connectivity index (χ1) is 15.8. The number of fused-ring (bicyclic) bond motifs is 1. The summed E-state index contributed by atoms with van der Waals surface area (Å²) >= 11 is 0. The maximum atomic E-state index is 9.17. The Labute approximate surface area is 188 Å². The predicted molar refractivity (Wildman–Crippen MR) is 127 cm³/mol. The van der Waals surface area contributed by atoms with Crippen LogP contribution in [0.3, 0.4) is 0 Å². The van der Waals surface area contributed by atoms with E-state index in [9.17, 15) is 5.26 Å². The molecule has 0 aliphatic carbocycles. The molecular weight excluding hydrogens is 396 g/mol. The predicted octanol–water partition coefficient (Wildman–Crippen LogP) is 5.43. The van der Waals surface area contributed by atoms with Gasteiger partial charge in [0.25, 0.3) is 0 Å². The van der Waals surface area contributed by atoms with Gasteiger partial charge in [-0.3, -0.25) is 4.68 Å². The van der Waals surface area contributed by atoms with E-state index in [-0.39, 0.29) is 5.92 Å². The number of aromatic nitrogens is 4. The lowest BCUT2D eigenvalue weighted by Crippen LogP contribution is -2.29. The fraction of sp³-hybridized carbons (Fsp3) is 0.346. The number of nitriles is 1. The molecule has 3 aromatic heterocycles. The van der Waals surface area contributed by atoms with Crippen LogP contribution in [0.4, 0.5) is 0 Å². The Morgan fingerprint density at radius 3 is 2.84 bits per heavy atom. The van der Waals surface area contributed by atoms with Crippen LogP contribution in [0, 0.1) is 11.3 Å². The lowest BCUT2D eigenvalue weighted by Gasteiger charge is -2.22. The highest BCUT2D eigenvalue weighted by Crippen LogP contribution is 2.33. The highest BCUT2D eigenvalue weighted by atomic mass is 15.3. The van der Waals surface area contributed by atoms with Crippen LogP contribution in [0.15, 0.2) is 55.1 Å². The topological polar surface area (TPSA) is 82.3 Å². The van der Waals surface area contributed by atoms with Crippen molar-refractivity contribution in [1.29, 1.82) is 5.26 Å². The molecule has 32 heavy (non-hydrogen) atoms. The number of nitrogens with one attached hydrogen (secondary N) is 2. The number of pyridine rings is 1. The summed E-state index contributed by atoms with van der Waals surface area (Å²) < 4.78 is 2.11. The summed E-state index contributed by atoms with van der Waals surface area (Å²) in [6.45, 7) is 4.24. The molecule has 2 N–H and O–H groups in total. The fourth-order valence-corrected chi connectivity index (χ4v) is 4.73. The minimum Gasteiger partial charge on any atom is -0.346 e. The van der Waals surface area contributed by atoms with Crippen molar-refractivity contribution in [2.24, 2.45) is 0 Å². The summed E-state index contributed by atoms with van der Waals surface area (Å²) in [4.78, 5) is 8.00. The zero-order valence-electron chi connectivity index (χ0n) is 18.4. The minimum absolute atomic E-state index is 0.264. The number of rotatable bonds is 6. The Bertz CT molecular complexity index is 1250. The van der Waals surface area contributed by atoms with Gasteiger partial charge in [0.1, 0.15) is 5.65 Å². The lowest BCUT2D eigenvalue weighted by molar-refractivity contribution is 0.343. The van der Waals surface area contributed by atoms with E-state index >= 15 is 0 Å². The van der Waals surface area contributed by atoms with Crippen LogP contribution in [0.1, 0.15) is 50.1 Å². The van der Waals surface area contributed by atoms with Crippen molar-refractivity contribution in [2.75, 3.05) is 13.1 Å². The highest BCUT2D eigenvalue weighted by molar-refractivity contribution is 5.95. The molecular formula is C26H28N6. The first-order valence-corrected chi connectivity index (χ1v) is 11.5. The largest absolute Gasteiger partial charge is 0.346 e. The standard InChI is InChI=1S/C26H28N6/c1-2-18(6-9-27)19-4-3-5-20(12-19)25-16-30-26-24(25)13-21(14-29-26)22-15-31-32(17-22)23-7-10-28-11-8-23/h3-5,12-18,23,28H,2,6-8,10-11H2,1H3,(H,29,30). The number of aromatic amines is 1. The number of hydrogen-bond acceptors (Lipinski definition) is 4. The number of H-pyrrole nitrogens is 1. The molecule has 0 bridgehead atoms. The molecule has 1 atom stereocenters. The lowest BCUT2D eigenvalue weighted by atomic mass is 9.91. The van der Waals surface area contributed by atoms with Crippen LogP contribution in [-0.4, -0.2) is 32.8 Å². The Kier molecular flexibility index (Phi) is 5.74. The molecule has 1 unspecified atom stereocenters. The summed E-state index contributed by atoms with van der Waals surface area (Å²) in [6.07, 6.45) is 11.8. The fourth-order valence-electron chi connectivity index (χ4n) is 4.73. The second-order valence-electron chi connectivity index (χ2n) is 8.61. The van der Waals surface area contributed by atoms with Gasteiger partial charge in [0, 0.05) is 47.1 Å². The van der Waals surface area contributed by atoms with Crippen molar-refractivity contribution in [1.82, 2.24) is 25.1 Å². The highest BCUT2D eigenvalue weighted by Gasteiger charge is 2.17. The molecule has 162 valence electrons. The molecule has 0 spiro atoms. The van der Waals surface area contributed by atoms with E-state index in [4.69, 9.17) is 0 Å². The van der Waals surface area contributed by atoms with E-state index in [1.165, 1.54) is 5.56 Å². The van der Waals surface area contributed by atoms with Crippen LogP contribution < -0.4 is 5.32 Å². The van der Waals surface area contributed by atoms with Gasteiger partial charge in [0.15, 0.2) is 0 Å². The van der Waals surface area contributed by atoms with Gasteiger partial charge in [-0.15, -0.1) is 0 Å². The number of benzene rings is 1. The summed E-state index contributed by atoms with van der Waals surface area (Å²) in [6, 6.07) is 13.6. The summed E-state index contributed by atoms with van der Waals surface area (Å²) in [7, 11) is 0. The number of hydrogen-bond donors (Lipinski definition) is 2. The number of piperidine rings is 1. The molecule has 4 aromatic rings. The summed E-state index contributed by atoms with van der Waals surface area (Å²) in [5, 5.41) is 18.3. The zero-order chi connectivity index (χ0) is 21.9. The minimum atomic E-state index is 0.264. The van der Waals surface area contributed by atoms with Gasteiger partial charge >= 0.3 is 0 Å². The third kappa shape index (κ3) is 3.92. The first-order valence-electron chi connectivity index (χ1n) is 11.5. The first kappa shape index (κ1) is 20.5. The molecule has 0 saturated carbocycles. The van der Waals surface area contributed by atoms with Crippen LogP contribution >= 0.6 is 0 Å². The van der Waals surface area contributed by atoms with E-state index in [2.05, 4.69) is 74.6 Å². The van der Waals surface area contributed by atoms with Crippen LogP contribution in [0.2, 0.25) is 0 Å². The summed E-state index contributed by atoms with van der Waals surface area (Å²) in [5.41, 5.74) is 6.55. The number of nitrogens with zero attached hydrogens (tertiary/aromatic N) is 4. The van der Waals surface area contributed by atoms with E-state index in [1.54, 1.807) is 0 Å². The molecule has 1 aliphatic rings. The van der Waals surface area contributed by atoms with Crippen LogP contribution in [0.5, 0.6) is 0 Å². The Morgan fingerprint density at radius 1 is 1.16 bits per heavy atom. The maximum absolute atomic E-state index is 9.17. The van der Waals surface area contributed by atoms with Gasteiger partial charge in [-0.05, 0) is 55.5 Å². The summed E-state index contributed by atoms with van der Waals surface area (Å²) in [5.74, 6) is 0.264. The third-order valence-electron chi connectivity index (χ3n) is 6.65. The molecule has 5 rings (SSSR count). The zero-order valence-corrected chi connectivity index (χ0v) is 18.4. The maximum Gasteiger partial charge on any atom is 0.137 e. The Morgan fingerprint density at radius 2 is 2.03 bits per heavy atom. The van der Waals surface area contributed by atoms with Crippen molar-refractivity contribution in [3.05, 3.63) is 60.7 Å². The van der Waals surface area contributed by atoms with Gasteiger partial charge in [0.2, 0.25) is 0 Å². The van der Waals surface area contributed by atoms with E-state index in [1.807, 2.05) is 18.6 Å². The normalized spacial score (nSPS) is 15.6. The van der Waals surface area contributed by atoms with E-state index in [0.717, 1.165) is 65.6 Å². The molecule has 1 saturated heterocycles. The van der Waals surface area contributed by atoms with Crippen LogP contribution in [-0.2, 0) is 0 Å². The molecule has 1 aromatic carbocycles. The molecule has 0 amide bonds. The van der Waals surface area contributed by atoms with Crippen molar-refractivity contribution in [3.8, 4) is 28.3 Å². The molecule has 0 radical (unpaired) electrons. The Hall–Kier alpha value is -3.43. The monoisotopic (exact) mass is 424 g/mol. The van der Waals surface area contributed by atoms with Crippen molar-refractivity contribution < 1.29 is 0 Å². The molecule has 1 fully saturated rings. The van der Waals surface area contributed by atoms with Gasteiger partial charge in [0.05, 0.1) is 18.3 Å². The third-order valence-corrected chi connectivity index (χ3v) is 6.65. The quantitative estimate of drug-likeness (QED) is 0.433. The van der Waals surface area contributed by atoms with Crippen molar-refractivity contribution >= 4 is 11.0 Å². The van der Waals surface area contributed by atoms with Crippen molar-refractivity contribution in [2.45, 2.75) is 44.6 Å². The van der Waals surface area contributed by atoms with E-state index < -0.39 is 0 Å². The second-order valence-corrected chi connectivity index (χ2v) is 8.61.